The van der Waals surface area contributed by atoms with Crippen molar-refractivity contribution < 1.29 is 33.9 Å². The number of nitrogens with one attached hydrogen (secondary N) is 4. The van der Waals surface area contributed by atoms with E-state index in [1.54, 1.807) is 36.4 Å². The van der Waals surface area contributed by atoms with Gasteiger partial charge in [-0.2, -0.15) is 0 Å². The molecular weight excluding hydrogens is 674 g/mol. The fraction of sp³-hybridized carbons (Fsp3) is 0.343. The van der Waals surface area contributed by atoms with Crippen molar-refractivity contribution in [2.24, 2.45) is 22.2 Å². The summed E-state index contributed by atoms with van der Waals surface area (Å²) in [7, 11) is 0. The fourth-order valence-electron chi connectivity index (χ4n) is 4.97. The van der Waals surface area contributed by atoms with Gasteiger partial charge in [-0.05, 0) is 74.0 Å². The molecule has 0 radical (unpaired) electrons. The number of nitrogens with two attached hydrogens (primary N) is 3. The van der Waals surface area contributed by atoms with Crippen LogP contribution >= 0.6 is 0 Å². The van der Waals surface area contributed by atoms with Crippen molar-refractivity contribution in [1.29, 1.82) is 0 Å². The Morgan fingerprint density at radius 2 is 1.44 bits per heavy atom. The van der Waals surface area contributed by atoms with Gasteiger partial charge < -0.3 is 43.0 Å². The summed E-state index contributed by atoms with van der Waals surface area (Å²) in [6.45, 7) is 0.479. The van der Waals surface area contributed by atoms with E-state index in [0.29, 0.717) is 37.1 Å². The lowest BCUT2D eigenvalue weighted by Crippen LogP contribution is -2.56. The normalized spacial score (nSPS) is 12.3. The lowest BCUT2D eigenvalue weighted by atomic mass is 10.0. The fourth-order valence-corrected chi connectivity index (χ4v) is 4.97. The highest BCUT2D eigenvalue weighted by atomic mass is 16.6. The Morgan fingerprint density at radius 3 is 2.08 bits per heavy atom. The van der Waals surface area contributed by atoms with Crippen molar-refractivity contribution in [2.45, 2.75) is 63.3 Å². The van der Waals surface area contributed by atoms with Crippen LogP contribution in [0.2, 0.25) is 0 Å². The van der Waals surface area contributed by atoms with Gasteiger partial charge in [-0.1, -0.05) is 42.5 Å². The van der Waals surface area contributed by atoms with Gasteiger partial charge in [0.2, 0.25) is 17.7 Å². The highest BCUT2D eigenvalue weighted by molar-refractivity contribution is 6.02. The van der Waals surface area contributed by atoms with E-state index in [2.05, 4.69) is 26.3 Å². The van der Waals surface area contributed by atoms with E-state index in [0.717, 1.165) is 5.56 Å². The molecule has 4 amide bonds. The summed E-state index contributed by atoms with van der Waals surface area (Å²) in [5, 5.41) is 31.4. The number of benzene rings is 3. The second-order valence-corrected chi connectivity index (χ2v) is 11.8. The Labute approximate surface area is 300 Å². The van der Waals surface area contributed by atoms with E-state index in [-0.39, 0.29) is 49.8 Å². The number of nitro benzene ring substituents is 1. The van der Waals surface area contributed by atoms with E-state index in [9.17, 15) is 34.4 Å². The van der Waals surface area contributed by atoms with Gasteiger partial charge in [-0.15, -0.1) is 0 Å². The Morgan fingerprint density at radius 1 is 0.788 bits per heavy atom. The molecule has 3 unspecified atom stereocenters. The molecular formula is C35H45N9O8. The van der Waals surface area contributed by atoms with E-state index in [4.69, 9.17) is 21.9 Å². The van der Waals surface area contributed by atoms with Crippen LogP contribution in [0.25, 0.3) is 0 Å². The van der Waals surface area contributed by atoms with Crippen LogP contribution in [0, 0.1) is 10.1 Å². The van der Waals surface area contributed by atoms with Crippen molar-refractivity contribution in [2.75, 3.05) is 18.4 Å². The summed E-state index contributed by atoms with van der Waals surface area (Å²) in [4.78, 5) is 68.1. The monoisotopic (exact) mass is 719 g/mol. The molecule has 278 valence electrons. The van der Waals surface area contributed by atoms with Gasteiger partial charge in [0.1, 0.15) is 30.5 Å². The third kappa shape index (κ3) is 14.3. The smallest absolute Gasteiger partial charge is 0.408 e. The number of non-ortho nitro benzene ring substituents is 1. The number of alkyl carbamates (subject to hydrolysis) is 1. The van der Waals surface area contributed by atoms with Crippen LogP contribution in [0.15, 0.2) is 83.9 Å². The average Bonchev–Trinajstić information content (AvgIpc) is 3.12. The predicted octanol–water partition coefficient (Wildman–Crippen LogP) is 1.93. The number of nitrogens with zero attached hydrogens (tertiary/aromatic N) is 2. The van der Waals surface area contributed by atoms with Gasteiger partial charge in [0.25, 0.3) is 5.69 Å². The summed E-state index contributed by atoms with van der Waals surface area (Å²) in [5.74, 6) is -2.36. The third-order valence-corrected chi connectivity index (χ3v) is 7.70. The van der Waals surface area contributed by atoms with Crippen molar-refractivity contribution in [1.82, 2.24) is 16.0 Å². The number of carbonyl (C=O) groups is 4. The number of ether oxygens (including phenoxy) is 1. The van der Waals surface area contributed by atoms with Gasteiger partial charge >= 0.3 is 6.09 Å². The van der Waals surface area contributed by atoms with Crippen LogP contribution in [-0.4, -0.2) is 71.0 Å². The van der Waals surface area contributed by atoms with Gasteiger partial charge in [0.15, 0.2) is 5.96 Å². The summed E-state index contributed by atoms with van der Waals surface area (Å²) in [5.41, 5.74) is 18.1. The number of guanidine groups is 1. The molecule has 17 nitrogen and oxygen atoms in total. The molecule has 3 rings (SSSR count). The van der Waals surface area contributed by atoms with Gasteiger partial charge in [-0.3, -0.25) is 34.8 Å². The zero-order chi connectivity index (χ0) is 37.9. The zero-order valence-electron chi connectivity index (χ0n) is 28.5. The van der Waals surface area contributed by atoms with Gasteiger partial charge in [0, 0.05) is 30.8 Å². The number of imide groups is 1. The molecule has 3 atom stereocenters. The molecule has 3 aromatic rings. The van der Waals surface area contributed by atoms with Crippen molar-refractivity contribution in [3.8, 4) is 5.75 Å². The lowest BCUT2D eigenvalue weighted by molar-refractivity contribution is -0.384. The molecule has 0 aromatic heterocycles. The SMILES string of the molecule is NCCCCC(NC(=O)C(Cc1ccc(O)cc1)NC(=O)OCc1ccccc1)C(=O)NC(=O)C(CCCN=C(N)N)Nc1ccc([N+](=O)[O-])cc1. The standard InChI is InChI=1S/C35H45N9O8/c36-19-5-4-9-29(32(47)43-31(46)28(10-6-20-39-34(37)38)40-25-13-15-26(16-14-25)44(50)51)41-33(48)30(21-23-11-17-27(45)18-12-23)42-35(49)52-22-24-7-2-1-3-8-24/h1-3,7-8,11-18,28-30,40,45H,4-6,9-10,19-22,36H2,(H,41,48)(H,42,49)(H4,37,38,39)(H,43,46,47). The minimum absolute atomic E-state index is 0.0129. The number of nitro groups is 1. The number of aliphatic imine (C=N–C) groups is 1. The maximum atomic E-state index is 13.7. The van der Waals surface area contributed by atoms with Crippen LogP contribution < -0.4 is 38.5 Å². The molecule has 0 saturated heterocycles. The van der Waals surface area contributed by atoms with Crippen LogP contribution in [0.5, 0.6) is 5.75 Å². The summed E-state index contributed by atoms with van der Waals surface area (Å²) in [6.07, 6.45) is 0.706. The summed E-state index contributed by atoms with van der Waals surface area (Å²) >= 11 is 0. The first-order valence-electron chi connectivity index (χ1n) is 16.6. The van der Waals surface area contributed by atoms with Gasteiger partial charge in [0.05, 0.1) is 4.92 Å². The molecule has 0 aliphatic heterocycles. The van der Waals surface area contributed by atoms with Crippen LogP contribution in [0.1, 0.15) is 43.2 Å². The molecule has 0 saturated carbocycles. The number of rotatable bonds is 20. The van der Waals surface area contributed by atoms with Crippen molar-refractivity contribution in [3.05, 3.63) is 100 Å². The molecule has 0 spiro atoms. The maximum absolute atomic E-state index is 13.7. The highest BCUT2D eigenvalue weighted by Gasteiger charge is 2.30. The molecule has 11 N–H and O–H groups in total. The van der Waals surface area contributed by atoms with E-state index >= 15 is 0 Å². The van der Waals surface area contributed by atoms with Crippen LogP contribution in [0.4, 0.5) is 16.2 Å². The minimum atomic E-state index is -1.21. The second kappa shape index (κ2) is 21.1. The predicted molar refractivity (Wildman–Crippen MR) is 194 cm³/mol. The minimum Gasteiger partial charge on any atom is -0.508 e. The van der Waals surface area contributed by atoms with E-state index in [1.165, 1.54) is 36.4 Å². The number of phenolic OH excluding ortho intramolecular Hbond substituents is 1. The number of aromatic hydroxyl groups is 1. The Hall–Kier alpha value is -6.23. The van der Waals surface area contributed by atoms with E-state index in [1.807, 2.05) is 6.07 Å². The maximum Gasteiger partial charge on any atom is 0.408 e. The number of hydrogen-bond donors (Lipinski definition) is 8. The quantitative estimate of drug-likeness (QED) is 0.0273. The Bertz CT molecular complexity index is 1650. The first kappa shape index (κ1) is 40.2. The first-order chi connectivity index (χ1) is 24.9. The number of carbonyl (C=O) groups excluding carboxylic acids is 4. The average molecular weight is 720 g/mol. The number of unbranched alkanes of at least 4 members (excludes halogenated alkanes) is 1. The molecule has 0 bridgehead atoms. The lowest BCUT2D eigenvalue weighted by Gasteiger charge is -2.24. The first-order valence-corrected chi connectivity index (χ1v) is 16.6. The number of phenols is 1. The molecule has 52 heavy (non-hydrogen) atoms. The molecule has 0 fully saturated rings. The molecule has 3 aromatic carbocycles. The molecule has 0 aliphatic carbocycles. The highest BCUT2D eigenvalue weighted by Crippen LogP contribution is 2.18. The topological polar surface area (TPSA) is 279 Å². The number of amides is 4. The summed E-state index contributed by atoms with van der Waals surface area (Å²) < 4.78 is 5.33. The van der Waals surface area contributed by atoms with Crippen molar-refractivity contribution >= 4 is 41.1 Å². The second-order valence-electron chi connectivity index (χ2n) is 11.8. The Balaban J connectivity index is 1.77. The number of anilines is 1. The zero-order valence-corrected chi connectivity index (χ0v) is 28.5. The molecule has 0 heterocycles. The van der Waals surface area contributed by atoms with Gasteiger partial charge in [-0.25, -0.2) is 4.79 Å². The molecule has 17 heteroatoms. The van der Waals surface area contributed by atoms with Crippen LogP contribution in [-0.2, 0) is 32.1 Å². The molecule has 0 aliphatic rings. The van der Waals surface area contributed by atoms with Crippen LogP contribution in [0.3, 0.4) is 0 Å². The number of hydrogen-bond acceptors (Lipinski definition) is 11. The summed E-state index contributed by atoms with van der Waals surface area (Å²) in [6, 6.07) is 17.0. The van der Waals surface area contributed by atoms with E-state index < -0.39 is 46.9 Å². The van der Waals surface area contributed by atoms with Crippen molar-refractivity contribution in [3.63, 3.8) is 0 Å². The largest absolute Gasteiger partial charge is 0.508 e. The third-order valence-electron chi connectivity index (χ3n) is 7.70. The Kier molecular flexibility index (Phi) is 16.3.